The van der Waals surface area contributed by atoms with E-state index in [0.29, 0.717) is 61.7 Å². The quantitative estimate of drug-likeness (QED) is 0.118. The molecule has 3 aromatic carbocycles. The number of carboxylic acids is 1. The van der Waals surface area contributed by atoms with Gasteiger partial charge in [-0.25, -0.2) is 9.97 Å². The number of oxazole rings is 1. The molecule has 2 atom stereocenters. The summed E-state index contributed by atoms with van der Waals surface area (Å²) in [6, 6.07) is 18.4. The molecule has 4 heterocycles. The molecular formula is C40H41F2N5O6. The summed E-state index contributed by atoms with van der Waals surface area (Å²) in [5.41, 5.74) is 8.40. The van der Waals surface area contributed by atoms with Crippen molar-refractivity contribution >= 4 is 23.0 Å². The molecule has 2 aromatic heterocycles. The van der Waals surface area contributed by atoms with Crippen LogP contribution in [0.4, 0.5) is 8.78 Å². The van der Waals surface area contributed by atoms with Gasteiger partial charge in [-0.3, -0.25) is 14.5 Å². The highest BCUT2D eigenvalue weighted by Gasteiger charge is 2.31. The van der Waals surface area contributed by atoms with Crippen LogP contribution in [0.25, 0.3) is 44.9 Å². The third-order valence-corrected chi connectivity index (χ3v) is 10.2. The fourth-order valence-corrected chi connectivity index (χ4v) is 7.46. The van der Waals surface area contributed by atoms with Gasteiger partial charge in [0.05, 0.1) is 12.8 Å². The monoisotopic (exact) mass is 725 g/mol. The van der Waals surface area contributed by atoms with Crippen LogP contribution in [-0.2, 0) is 22.7 Å². The maximum atomic E-state index is 13.5. The number of hydrogen-bond donors (Lipinski definition) is 3. The normalized spacial score (nSPS) is 17.5. The van der Waals surface area contributed by atoms with Crippen molar-refractivity contribution in [2.75, 3.05) is 20.2 Å². The number of nitrogens with one attached hydrogen (secondary N) is 2. The lowest BCUT2D eigenvalue weighted by atomic mass is 9.90. The molecular weight excluding hydrogens is 684 g/mol. The van der Waals surface area contributed by atoms with E-state index in [-0.39, 0.29) is 29.8 Å². The predicted molar refractivity (Wildman–Crippen MR) is 195 cm³/mol. The maximum absolute atomic E-state index is 13.5. The number of aliphatic carboxylic acids is 1. The number of carboxylic acid groups (broad SMARTS) is 1. The summed E-state index contributed by atoms with van der Waals surface area (Å²) in [4.78, 5) is 34.7. The molecule has 13 heteroatoms. The first kappa shape index (κ1) is 36.0. The van der Waals surface area contributed by atoms with Crippen molar-refractivity contribution in [1.29, 1.82) is 0 Å². The summed E-state index contributed by atoms with van der Waals surface area (Å²) in [5.74, 6) is -0.0739. The molecule has 0 saturated carbocycles. The minimum absolute atomic E-state index is 0.0715. The molecule has 0 spiro atoms. The van der Waals surface area contributed by atoms with Crippen molar-refractivity contribution in [3.63, 3.8) is 0 Å². The van der Waals surface area contributed by atoms with E-state index < -0.39 is 18.6 Å². The topological polar surface area (TPSA) is 139 Å². The maximum Gasteiger partial charge on any atom is 0.387 e. The zero-order chi connectivity index (χ0) is 37.2. The summed E-state index contributed by atoms with van der Waals surface area (Å²) >= 11 is 0. The van der Waals surface area contributed by atoms with Gasteiger partial charge in [0.15, 0.2) is 5.58 Å². The average molecular weight is 726 g/mol. The first-order chi connectivity index (χ1) is 25.6. The molecule has 11 nitrogen and oxygen atoms in total. The molecule has 0 bridgehead atoms. The van der Waals surface area contributed by atoms with Crippen LogP contribution in [0.15, 0.2) is 65.1 Å². The van der Waals surface area contributed by atoms with Gasteiger partial charge in [0.25, 0.3) is 0 Å². The molecule has 2 saturated heterocycles. The number of aromatic nitrogens is 2. The summed E-state index contributed by atoms with van der Waals surface area (Å²) < 4.78 is 43.7. The first-order valence-corrected chi connectivity index (χ1v) is 17.7. The highest BCUT2D eigenvalue weighted by Crippen LogP contribution is 2.39. The number of methoxy groups -OCH3 is 1. The summed E-state index contributed by atoms with van der Waals surface area (Å²) in [5, 5.41) is 16.0. The van der Waals surface area contributed by atoms with Gasteiger partial charge in [0, 0.05) is 60.4 Å². The summed E-state index contributed by atoms with van der Waals surface area (Å²) in [6.07, 6.45) is 2.58. The first-order valence-electron chi connectivity index (χ1n) is 17.7. The van der Waals surface area contributed by atoms with Gasteiger partial charge in [-0.05, 0) is 80.1 Å². The van der Waals surface area contributed by atoms with Crippen LogP contribution in [-0.4, -0.2) is 70.7 Å². The van der Waals surface area contributed by atoms with E-state index in [0.717, 1.165) is 51.1 Å². The molecule has 7 rings (SSSR count). The molecule has 1 unspecified atom stereocenters. The second-order valence-corrected chi connectivity index (χ2v) is 13.5. The Labute approximate surface area is 305 Å². The van der Waals surface area contributed by atoms with Crippen LogP contribution in [0.1, 0.15) is 47.9 Å². The number of pyridine rings is 1. The van der Waals surface area contributed by atoms with Gasteiger partial charge in [-0.1, -0.05) is 36.4 Å². The molecule has 3 N–H and O–H groups in total. The highest BCUT2D eigenvalue weighted by atomic mass is 19.3. The molecule has 2 fully saturated rings. The van der Waals surface area contributed by atoms with E-state index in [4.69, 9.17) is 23.9 Å². The number of benzene rings is 3. The summed E-state index contributed by atoms with van der Waals surface area (Å²) in [7, 11) is 1.60. The average Bonchev–Trinajstić information content (AvgIpc) is 3.88. The van der Waals surface area contributed by atoms with E-state index in [1.807, 2.05) is 49.4 Å². The second-order valence-electron chi connectivity index (χ2n) is 13.5. The van der Waals surface area contributed by atoms with E-state index >= 15 is 0 Å². The van der Waals surface area contributed by atoms with Crippen molar-refractivity contribution < 1.29 is 37.4 Å². The molecule has 53 heavy (non-hydrogen) atoms. The van der Waals surface area contributed by atoms with Gasteiger partial charge < -0.3 is 29.6 Å². The number of hydrogen-bond acceptors (Lipinski definition) is 9. The Hall–Kier alpha value is -5.40. The summed E-state index contributed by atoms with van der Waals surface area (Å²) in [6.45, 7) is 2.86. The minimum atomic E-state index is -3.07. The van der Waals surface area contributed by atoms with Crippen LogP contribution >= 0.6 is 0 Å². The standard InChI is InChI=1S/C40H41F2N5O6/c1-22-27(7-4-9-29(22)31-14-12-24(37(45-31)51-3)19-43-20-26-13-15-36(48)44-26)28-8-5-10-30(23(28)2)38-46-32-17-25(21-47-16-6-11-33(47)39(49)50)34(53-40(41)42)18-35(32)52-38/h4-5,7-10,12,14,17-18,26,33,40,43H,6,11,13,15-16,19-21H2,1-3H3,(H,44,48)(H,49,50)/t26?,33-/m0/s1. The number of rotatable bonds is 13. The van der Waals surface area contributed by atoms with Crippen LogP contribution in [0.2, 0.25) is 0 Å². The van der Waals surface area contributed by atoms with Crippen LogP contribution < -0.4 is 20.1 Å². The predicted octanol–water partition coefficient (Wildman–Crippen LogP) is 6.87. The Bertz CT molecular complexity index is 2170. The lowest BCUT2D eigenvalue weighted by Gasteiger charge is -2.22. The number of ether oxygens (including phenoxy) is 2. The molecule has 0 radical (unpaired) electrons. The van der Waals surface area contributed by atoms with Crippen LogP contribution in [0.3, 0.4) is 0 Å². The van der Waals surface area contributed by atoms with Gasteiger partial charge in [0.1, 0.15) is 17.3 Å². The van der Waals surface area contributed by atoms with E-state index in [1.54, 1.807) is 18.1 Å². The molecule has 2 aliphatic heterocycles. The fraction of sp³-hybridized carbons (Fsp3) is 0.350. The van der Waals surface area contributed by atoms with Crippen molar-refractivity contribution in [1.82, 2.24) is 25.5 Å². The number of alkyl halides is 2. The Morgan fingerprint density at radius 1 is 1.02 bits per heavy atom. The lowest BCUT2D eigenvalue weighted by Crippen LogP contribution is -2.35. The van der Waals surface area contributed by atoms with Crippen molar-refractivity contribution in [3.8, 4) is 45.5 Å². The number of halogens is 2. The van der Waals surface area contributed by atoms with Gasteiger partial charge in [0.2, 0.25) is 17.7 Å². The van der Waals surface area contributed by atoms with Crippen LogP contribution in [0, 0.1) is 13.8 Å². The number of carbonyl (C=O) groups excluding carboxylic acids is 1. The minimum Gasteiger partial charge on any atom is -0.481 e. The molecule has 2 aliphatic rings. The third-order valence-electron chi connectivity index (χ3n) is 10.2. The van der Waals surface area contributed by atoms with E-state index in [1.165, 1.54) is 6.07 Å². The lowest BCUT2D eigenvalue weighted by molar-refractivity contribution is -0.142. The van der Waals surface area contributed by atoms with Gasteiger partial charge >= 0.3 is 12.6 Å². The SMILES string of the molecule is COc1nc(-c2cccc(-c3cccc(-c4nc5cc(CN6CCC[C@H]6C(=O)O)c(OC(F)F)cc5o4)c3C)c2C)ccc1CNCC1CCC(=O)N1. The molecule has 5 aromatic rings. The Morgan fingerprint density at radius 3 is 2.45 bits per heavy atom. The molecule has 0 aliphatic carbocycles. The van der Waals surface area contributed by atoms with E-state index in [2.05, 4.69) is 23.6 Å². The Balaban J connectivity index is 1.17. The van der Waals surface area contributed by atoms with E-state index in [9.17, 15) is 23.5 Å². The van der Waals surface area contributed by atoms with Crippen molar-refractivity contribution in [2.24, 2.45) is 0 Å². The number of likely N-dealkylation sites (tertiary alicyclic amines) is 1. The Kier molecular flexibility index (Phi) is 10.4. The number of nitrogens with zero attached hydrogens (tertiary/aromatic N) is 3. The number of amides is 1. The third kappa shape index (κ3) is 7.58. The van der Waals surface area contributed by atoms with Crippen molar-refractivity contribution in [2.45, 2.75) is 71.3 Å². The zero-order valence-electron chi connectivity index (χ0n) is 29.7. The zero-order valence-corrected chi connectivity index (χ0v) is 29.7. The number of carbonyl (C=O) groups is 2. The van der Waals surface area contributed by atoms with Crippen molar-refractivity contribution in [3.05, 3.63) is 82.9 Å². The number of fused-ring (bicyclic) bond motifs is 1. The molecule has 276 valence electrons. The fourth-order valence-electron chi connectivity index (χ4n) is 7.46. The molecule has 1 amide bonds. The van der Waals surface area contributed by atoms with Gasteiger partial charge in [-0.2, -0.15) is 8.78 Å². The smallest absolute Gasteiger partial charge is 0.387 e. The second kappa shape index (κ2) is 15.3. The largest absolute Gasteiger partial charge is 0.481 e. The van der Waals surface area contributed by atoms with Gasteiger partial charge in [-0.15, -0.1) is 0 Å². The van der Waals surface area contributed by atoms with Crippen LogP contribution in [0.5, 0.6) is 11.6 Å². The Morgan fingerprint density at radius 2 is 1.75 bits per heavy atom. The highest BCUT2D eigenvalue weighted by molar-refractivity contribution is 5.84.